The van der Waals surface area contributed by atoms with Crippen molar-refractivity contribution in [1.29, 1.82) is 5.26 Å². The Morgan fingerprint density at radius 2 is 1.75 bits per heavy atom. The molecule has 5 heterocycles. The first-order valence-electron chi connectivity index (χ1n) is 12.7. The Bertz CT molecular complexity index is 1400. The van der Waals surface area contributed by atoms with Crippen LogP contribution in [0.4, 0.5) is 24.9 Å². The molecule has 40 heavy (non-hydrogen) atoms. The lowest BCUT2D eigenvalue weighted by Crippen LogP contribution is -2.46. The molecule has 3 aromatic rings. The van der Waals surface area contributed by atoms with Crippen molar-refractivity contribution in [3.05, 3.63) is 42.4 Å². The predicted molar refractivity (Wildman–Crippen MR) is 138 cm³/mol. The van der Waals surface area contributed by atoms with E-state index in [4.69, 9.17) is 9.57 Å². The normalized spacial score (nSPS) is 19.8. The second-order valence-electron chi connectivity index (χ2n) is 9.65. The van der Waals surface area contributed by atoms with Crippen molar-refractivity contribution in [1.82, 2.24) is 25.0 Å². The zero-order chi connectivity index (χ0) is 28.4. The van der Waals surface area contributed by atoms with Crippen LogP contribution in [0.3, 0.4) is 0 Å². The molecular formula is C26H27F3N8O3. The van der Waals surface area contributed by atoms with Gasteiger partial charge in [0.1, 0.15) is 6.07 Å². The molecule has 2 atom stereocenters. The summed E-state index contributed by atoms with van der Waals surface area (Å²) in [4.78, 5) is 33.9. The number of ether oxygens (including phenoxy) is 1. The fraction of sp³-hybridized carbons (Fsp3) is 0.423. The summed E-state index contributed by atoms with van der Waals surface area (Å²) in [6.45, 7) is 7.20. The van der Waals surface area contributed by atoms with E-state index in [1.807, 2.05) is 24.8 Å². The first-order valence-corrected chi connectivity index (χ1v) is 12.7. The molecule has 0 spiro atoms. The van der Waals surface area contributed by atoms with Gasteiger partial charge in [0.2, 0.25) is 5.95 Å². The van der Waals surface area contributed by atoms with Gasteiger partial charge in [-0.15, -0.1) is 0 Å². The molecule has 0 amide bonds. The quantitative estimate of drug-likeness (QED) is 0.502. The van der Waals surface area contributed by atoms with Gasteiger partial charge in [0, 0.05) is 69.0 Å². The molecule has 0 bridgehead atoms. The number of halogens is 3. The molecule has 3 aromatic heterocycles. The van der Waals surface area contributed by atoms with Gasteiger partial charge >= 0.3 is 12.1 Å². The molecular weight excluding hydrogens is 529 g/mol. The minimum atomic E-state index is -5.23. The van der Waals surface area contributed by atoms with Crippen LogP contribution >= 0.6 is 0 Å². The summed E-state index contributed by atoms with van der Waals surface area (Å²) in [7, 11) is 0. The van der Waals surface area contributed by atoms with E-state index in [1.54, 1.807) is 29.4 Å². The summed E-state index contributed by atoms with van der Waals surface area (Å²) >= 11 is 0. The van der Waals surface area contributed by atoms with E-state index in [9.17, 15) is 23.2 Å². The van der Waals surface area contributed by atoms with E-state index >= 15 is 0 Å². The van der Waals surface area contributed by atoms with Gasteiger partial charge in [-0.25, -0.2) is 14.8 Å². The largest absolute Gasteiger partial charge is 0.493 e. The molecule has 14 heteroatoms. The molecule has 2 aliphatic heterocycles. The highest BCUT2D eigenvalue weighted by Crippen LogP contribution is 2.33. The number of pyridine rings is 1. The lowest BCUT2D eigenvalue weighted by molar-refractivity contribution is -0.199. The zero-order valence-electron chi connectivity index (χ0n) is 21.9. The maximum absolute atomic E-state index is 13.2. The Hall–Kier alpha value is -4.22. The Morgan fingerprint density at radius 3 is 2.38 bits per heavy atom. The monoisotopic (exact) mass is 556 g/mol. The van der Waals surface area contributed by atoms with Gasteiger partial charge in [0.05, 0.1) is 29.2 Å². The predicted octanol–water partition coefficient (Wildman–Crippen LogP) is 2.42. The molecule has 2 saturated heterocycles. The number of anilines is 2. The van der Waals surface area contributed by atoms with Crippen molar-refractivity contribution >= 4 is 17.7 Å². The number of nitrogens with zero attached hydrogens (tertiary/aromatic N) is 7. The number of hydrogen-bond donors (Lipinski definition) is 1. The fourth-order valence-corrected chi connectivity index (χ4v) is 4.87. The van der Waals surface area contributed by atoms with Crippen LogP contribution in [0.25, 0.3) is 22.5 Å². The second kappa shape index (κ2) is 11.1. The van der Waals surface area contributed by atoms with E-state index in [1.165, 1.54) is 12.3 Å². The third-order valence-corrected chi connectivity index (χ3v) is 6.57. The van der Waals surface area contributed by atoms with Crippen molar-refractivity contribution in [2.24, 2.45) is 0 Å². The van der Waals surface area contributed by atoms with E-state index in [-0.39, 0.29) is 29.3 Å². The van der Waals surface area contributed by atoms with Crippen molar-refractivity contribution < 1.29 is 27.5 Å². The maximum Gasteiger partial charge on any atom is 0.493 e. The summed E-state index contributed by atoms with van der Waals surface area (Å²) in [5.41, 5.74) is 1.59. The van der Waals surface area contributed by atoms with E-state index < -0.39 is 12.1 Å². The lowest BCUT2D eigenvalue weighted by Gasteiger charge is -2.35. The Morgan fingerprint density at radius 1 is 1.07 bits per heavy atom. The number of nitriles is 1. The first kappa shape index (κ1) is 27.4. The number of piperazine rings is 1. The Kier molecular flexibility index (Phi) is 7.59. The molecule has 1 N–H and O–H groups in total. The van der Waals surface area contributed by atoms with Crippen LogP contribution in [0.1, 0.15) is 19.4 Å². The number of rotatable bonds is 5. The maximum atomic E-state index is 13.2. The molecule has 0 unspecified atom stereocenters. The Labute approximate surface area is 228 Å². The number of aromatic nitrogens is 4. The molecule has 0 saturated carbocycles. The summed E-state index contributed by atoms with van der Waals surface area (Å²) in [5, 5.41) is 13.0. The van der Waals surface area contributed by atoms with Gasteiger partial charge < -0.3 is 24.7 Å². The fourth-order valence-electron chi connectivity index (χ4n) is 4.87. The van der Waals surface area contributed by atoms with E-state index in [0.29, 0.717) is 62.0 Å². The van der Waals surface area contributed by atoms with Crippen LogP contribution in [-0.4, -0.2) is 83.3 Å². The molecule has 2 aliphatic rings. The molecule has 11 nitrogen and oxygen atoms in total. The van der Waals surface area contributed by atoms with Crippen LogP contribution in [0.15, 0.2) is 36.8 Å². The minimum absolute atomic E-state index is 0.0393. The Balaban J connectivity index is 1.51. The van der Waals surface area contributed by atoms with Gasteiger partial charge in [0.15, 0.2) is 5.82 Å². The smallest absolute Gasteiger partial charge is 0.372 e. The van der Waals surface area contributed by atoms with E-state index in [2.05, 4.69) is 20.3 Å². The molecule has 0 aromatic carbocycles. The van der Waals surface area contributed by atoms with Crippen molar-refractivity contribution in [3.8, 4) is 28.6 Å². The highest BCUT2D eigenvalue weighted by atomic mass is 19.4. The van der Waals surface area contributed by atoms with Crippen molar-refractivity contribution in [2.45, 2.75) is 32.2 Å². The highest BCUT2D eigenvalue weighted by Gasteiger charge is 2.43. The van der Waals surface area contributed by atoms with Gasteiger partial charge in [-0.3, -0.25) is 4.98 Å². The van der Waals surface area contributed by atoms with Gasteiger partial charge in [0.25, 0.3) is 0 Å². The molecule has 0 aliphatic carbocycles. The average Bonchev–Trinajstić information content (AvgIpc) is 3.31. The van der Waals surface area contributed by atoms with Crippen LogP contribution in [0.5, 0.6) is 0 Å². The highest BCUT2D eigenvalue weighted by molar-refractivity contribution is 5.79. The van der Waals surface area contributed by atoms with Crippen LogP contribution in [-0.2, 0) is 9.53 Å². The van der Waals surface area contributed by atoms with Gasteiger partial charge in [-0.05, 0) is 32.0 Å². The number of nitrogens with one attached hydrogen (secondary N) is 1. The van der Waals surface area contributed by atoms with Gasteiger partial charge in [-0.2, -0.15) is 23.2 Å². The SMILES string of the molecule is C[C@@H]1CN(c2ncc(-c3cc(-c4cc(C#N)c(N5CCNCC5)n4OC(=O)C(F)(F)F)ccn3)cn2)C[C@H](C)O1. The summed E-state index contributed by atoms with van der Waals surface area (Å²) in [5.74, 6) is -1.76. The number of hydrogen-bond acceptors (Lipinski definition) is 10. The molecule has 0 radical (unpaired) electrons. The molecule has 5 rings (SSSR count). The standard InChI is InChI=1S/C26H27F3N8O3/c1-16-14-36(15-17(2)39-16)25-33-12-20(13-34-25)21-9-18(3-4-32-21)22-10-19(11-30)23(35-7-5-31-6-8-35)37(22)40-24(38)26(27,28)29/h3-4,9-10,12-13,16-17,31H,5-8,14-15H2,1-2H3/t16-,17+. The average molecular weight is 557 g/mol. The third kappa shape index (κ3) is 5.70. The summed E-state index contributed by atoms with van der Waals surface area (Å²) < 4.78 is 46.2. The molecule has 2 fully saturated rings. The van der Waals surface area contributed by atoms with E-state index in [0.717, 1.165) is 4.73 Å². The third-order valence-electron chi connectivity index (χ3n) is 6.57. The molecule has 210 valence electrons. The minimum Gasteiger partial charge on any atom is -0.372 e. The lowest BCUT2D eigenvalue weighted by atomic mass is 10.1. The zero-order valence-corrected chi connectivity index (χ0v) is 21.9. The van der Waals surface area contributed by atoms with Crippen LogP contribution in [0, 0.1) is 11.3 Å². The summed E-state index contributed by atoms with van der Waals surface area (Å²) in [6.07, 6.45) is -0.435. The van der Waals surface area contributed by atoms with Crippen molar-refractivity contribution in [3.63, 3.8) is 0 Å². The van der Waals surface area contributed by atoms with Gasteiger partial charge in [-0.1, -0.05) is 0 Å². The van der Waals surface area contributed by atoms with Crippen LogP contribution < -0.4 is 20.0 Å². The number of alkyl halides is 3. The second-order valence-corrected chi connectivity index (χ2v) is 9.65. The number of carbonyl (C=O) groups is 1. The first-order chi connectivity index (χ1) is 19.1. The number of morpholine rings is 1. The number of carbonyl (C=O) groups excluding carboxylic acids is 1. The topological polar surface area (TPSA) is 121 Å². The summed E-state index contributed by atoms with van der Waals surface area (Å²) in [6, 6.07) is 6.60. The van der Waals surface area contributed by atoms with Crippen molar-refractivity contribution in [2.75, 3.05) is 49.1 Å². The van der Waals surface area contributed by atoms with Crippen LogP contribution in [0.2, 0.25) is 0 Å².